The Morgan fingerprint density at radius 2 is 2.16 bits per heavy atom. The Balaban J connectivity index is 2.03. The third-order valence-electron chi connectivity index (χ3n) is 3.46. The van der Waals surface area contributed by atoms with E-state index in [-0.39, 0.29) is 11.5 Å². The van der Waals surface area contributed by atoms with Gasteiger partial charge in [0.25, 0.3) is 5.91 Å². The zero-order valence-electron chi connectivity index (χ0n) is 10.9. The first-order valence-corrected chi connectivity index (χ1v) is 7.14. The van der Waals surface area contributed by atoms with Gasteiger partial charge >= 0.3 is 0 Å². The molecule has 1 fully saturated rings. The van der Waals surface area contributed by atoms with Crippen LogP contribution in [0.1, 0.15) is 23.2 Å². The summed E-state index contributed by atoms with van der Waals surface area (Å²) >= 11 is 3.26. The summed E-state index contributed by atoms with van der Waals surface area (Å²) in [5.41, 5.74) is 0.138. The Labute approximate surface area is 120 Å². The molecule has 1 aromatic rings. The van der Waals surface area contributed by atoms with Crippen LogP contribution >= 0.6 is 15.9 Å². The van der Waals surface area contributed by atoms with Crippen LogP contribution in [0.15, 0.2) is 22.7 Å². The highest BCUT2D eigenvalue weighted by Crippen LogP contribution is 2.22. The maximum absolute atomic E-state index is 13.7. The van der Waals surface area contributed by atoms with Crippen LogP contribution in [0.5, 0.6) is 0 Å². The summed E-state index contributed by atoms with van der Waals surface area (Å²) in [5, 5.41) is 0. The quantitative estimate of drug-likeness (QED) is 0.852. The van der Waals surface area contributed by atoms with Gasteiger partial charge in [0.1, 0.15) is 5.82 Å². The van der Waals surface area contributed by atoms with Gasteiger partial charge in [-0.15, -0.1) is 0 Å². The fraction of sp³-hybridized carbons (Fsp3) is 0.500. The molecule has 0 aliphatic carbocycles. The standard InChI is InChI=1S/C14H17BrFNO2/c1-19-9-10-4-6-17(7-5-10)14(18)12-8-11(15)2-3-13(12)16/h2-3,8,10H,4-7,9H2,1H3. The zero-order valence-corrected chi connectivity index (χ0v) is 12.5. The van der Waals surface area contributed by atoms with E-state index in [0.717, 1.165) is 19.4 Å². The molecule has 0 N–H and O–H groups in total. The number of methoxy groups -OCH3 is 1. The van der Waals surface area contributed by atoms with E-state index in [9.17, 15) is 9.18 Å². The fourth-order valence-electron chi connectivity index (χ4n) is 2.37. The van der Waals surface area contributed by atoms with Crippen LogP contribution < -0.4 is 0 Å². The molecule has 0 bridgehead atoms. The van der Waals surface area contributed by atoms with Gasteiger partial charge in [0.2, 0.25) is 0 Å². The first-order chi connectivity index (χ1) is 9.11. The lowest BCUT2D eigenvalue weighted by molar-refractivity contribution is 0.0609. The predicted octanol–water partition coefficient (Wildman–Crippen LogP) is 3.09. The highest BCUT2D eigenvalue weighted by Gasteiger charge is 2.25. The molecule has 0 unspecified atom stereocenters. The van der Waals surface area contributed by atoms with E-state index < -0.39 is 5.82 Å². The number of rotatable bonds is 3. The van der Waals surface area contributed by atoms with Crippen molar-refractivity contribution in [3.63, 3.8) is 0 Å². The minimum Gasteiger partial charge on any atom is -0.384 e. The second-order valence-electron chi connectivity index (χ2n) is 4.82. The molecule has 0 atom stereocenters. The van der Waals surface area contributed by atoms with Gasteiger partial charge in [-0.3, -0.25) is 4.79 Å². The Morgan fingerprint density at radius 1 is 1.47 bits per heavy atom. The number of nitrogens with zero attached hydrogens (tertiary/aromatic N) is 1. The predicted molar refractivity (Wildman–Crippen MR) is 74.6 cm³/mol. The molecule has 0 saturated carbocycles. The van der Waals surface area contributed by atoms with Crippen LogP contribution in [0.2, 0.25) is 0 Å². The van der Waals surface area contributed by atoms with Crippen LogP contribution in [-0.4, -0.2) is 37.6 Å². The van der Waals surface area contributed by atoms with Gasteiger partial charge in [-0.05, 0) is 37.0 Å². The molecule has 1 aromatic carbocycles. The minimum absolute atomic E-state index is 0.138. The van der Waals surface area contributed by atoms with E-state index in [2.05, 4.69) is 15.9 Å². The number of halogens is 2. The molecular formula is C14H17BrFNO2. The van der Waals surface area contributed by atoms with Crippen LogP contribution in [0.3, 0.4) is 0 Å². The lowest BCUT2D eigenvalue weighted by Crippen LogP contribution is -2.39. The van der Waals surface area contributed by atoms with Crippen LogP contribution in [-0.2, 0) is 4.74 Å². The lowest BCUT2D eigenvalue weighted by atomic mass is 9.97. The van der Waals surface area contributed by atoms with Crippen LogP contribution in [0, 0.1) is 11.7 Å². The number of benzene rings is 1. The Bertz CT molecular complexity index is 459. The molecule has 19 heavy (non-hydrogen) atoms. The van der Waals surface area contributed by atoms with E-state index in [1.165, 1.54) is 6.07 Å². The van der Waals surface area contributed by atoms with Gasteiger partial charge < -0.3 is 9.64 Å². The molecule has 3 nitrogen and oxygen atoms in total. The summed E-state index contributed by atoms with van der Waals surface area (Å²) < 4.78 is 19.5. The Hall–Kier alpha value is -0.940. The number of carbonyl (C=O) groups excluding carboxylic acids is 1. The largest absolute Gasteiger partial charge is 0.384 e. The molecule has 2 rings (SSSR count). The molecule has 0 spiro atoms. The highest BCUT2D eigenvalue weighted by atomic mass is 79.9. The number of hydrogen-bond acceptors (Lipinski definition) is 2. The van der Waals surface area contributed by atoms with Crippen molar-refractivity contribution in [1.82, 2.24) is 4.90 Å². The molecule has 1 aliphatic rings. The first kappa shape index (κ1) is 14.5. The number of likely N-dealkylation sites (tertiary alicyclic amines) is 1. The molecule has 0 radical (unpaired) electrons. The van der Waals surface area contributed by atoms with Crippen molar-refractivity contribution in [2.24, 2.45) is 5.92 Å². The summed E-state index contributed by atoms with van der Waals surface area (Å²) in [6.07, 6.45) is 1.82. The van der Waals surface area contributed by atoms with Gasteiger partial charge in [0.05, 0.1) is 5.56 Å². The topological polar surface area (TPSA) is 29.5 Å². The Kier molecular flexibility index (Phi) is 4.93. The smallest absolute Gasteiger partial charge is 0.256 e. The molecule has 1 aliphatic heterocycles. The van der Waals surface area contributed by atoms with E-state index in [0.29, 0.717) is 23.5 Å². The maximum Gasteiger partial charge on any atom is 0.256 e. The van der Waals surface area contributed by atoms with Gasteiger partial charge in [-0.1, -0.05) is 15.9 Å². The summed E-state index contributed by atoms with van der Waals surface area (Å²) in [6.45, 7) is 2.06. The first-order valence-electron chi connectivity index (χ1n) is 6.35. The van der Waals surface area contributed by atoms with E-state index in [1.807, 2.05) is 0 Å². The summed E-state index contributed by atoms with van der Waals surface area (Å²) in [7, 11) is 1.69. The van der Waals surface area contributed by atoms with Crippen molar-refractivity contribution in [1.29, 1.82) is 0 Å². The van der Waals surface area contributed by atoms with Crippen molar-refractivity contribution in [2.45, 2.75) is 12.8 Å². The molecule has 1 amide bonds. The third kappa shape index (κ3) is 3.54. The molecule has 1 saturated heterocycles. The van der Waals surface area contributed by atoms with Crippen molar-refractivity contribution < 1.29 is 13.9 Å². The maximum atomic E-state index is 13.7. The normalized spacial score (nSPS) is 16.7. The Morgan fingerprint density at radius 3 is 2.79 bits per heavy atom. The number of hydrogen-bond donors (Lipinski definition) is 0. The average Bonchev–Trinajstić information content (AvgIpc) is 2.42. The lowest BCUT2D eigenvalue weighted by Gasteiger charge is -2.31. The molecule has 0 aromatic heterocycles. The number of ether oxygens (including phenoxy) is 1. The van der Waals surface area contributed by atoms with Crippen LogP contribution in [0.25, 0.3) is 0 Å². The third-order valence-corrected chi connectivity index (χ3v) is 3.96. The second-order valence-corrected chi connectivity index (χ2v) is 5.73. The van der Waals surface area contributed by atoms with Gasteiger partial charge in [0, 0.05) is 31.3 Å². The molecular weight excluding hydrogens is 313 g/mol. The van der Waals surface area contributed by atoms with E-state index in [4.69, 9.17) is 4.74 Å². The van der Waals surface area contributed by atoms with Crippen molar-refractivity contribution >= 4 is 21.8 Å². The van der Waals surface area contributed by atoms with Crippen molar-refractivity contribution in [3.05, 3.63) is 34.1 Å². The van der Waals surface area contributed by atoms with Gasteiger partial charge in [-0.25, -0.2) is 4.39 Å². The van der Waals surface area contributed by atoms with E-state index >= 15 is 0 Å². The SMILES string of the molecule is COCC1CCN(C(=O)c2cc(Br)ccc2F)CC1. The van der Waals surface area contributed by atoms with E-state index in [1.54, 1.807) is 24.1 Å². The second kappa shape index (κ2) is 6.48. The monoisotopic (exact) mass is 329 g/mol. The van der Waals surface area contributed by atoms with Gasteiger partial charge in [0.15, 0.2) is 0 Å². The zero-order chi connectivity index (χ0) is 13.8. The summed E-state index contributed by atoms with van der Waals surface area (Å²) in [5.74, 6) is -0.191. The summed E-state index contributed by atoms with van der Waals surface area (Å²) in [4.78, 5) is 14.0. The van der Waals surface area contributed by atoms with Crippen LogP contribution in [0.4, 0.5) is 4.39 Å². The van der Waals surface area contributed by atoms with Gasteiger partial charge in [-0.2, -0.15) is 0 Å². The average molecular weight is 330 g/mol. The summed E-state index contributed by atoms with van der Waals surface area (Å²) in [6, 6.07) is 4.45. The highest BCUT2D eigenvalue weighted by molar-refractivity contribution is 9.10. The minimum atomic E-state index is -0.466. The fourth-order valence-corrected chi connectivity index (χ4v) is 2.73. The van der Waals surface area contributed by atoms with Crippen molar-refractivity contribution in [3.8, 4) is 0 Å². The van der Waals surface area contributed by atoms with Crippen molar-refractivity contribution in [2.75, 3.05) is 26.8 Å². The molecule has 5 heteroatoms. The molecule has 104 valence electrons. The number of carbonyl (C=O) groups is 1. The number of amides is 1. The molecule has 1 heterocycles. The number of piperidine rings is 1.